The Labute approximate surface area is 174 Å². The van der Waals surface area contributed by atoms with E-state index in [1.807, 2.05) is 36.4 Å². The minimum Gasteiger partial charge on any atom is -0.460 e. The van der Waals surface area contributed by atoms with Gasteiger partial charge in [-0.2, -0.15) is 5.90 Å². The van der Waals surface area contributed by atoms with Crippen molar-refractivity contribution in [2.75, 3.05) is 6.67 Å². The molecule has 2 N–H and O–H groups in total. The highest BCUT2D eigenvalue weighted by molar-refractivity contribution is 6.31. The highest BCUT2D eigenvalue weighted by Gasteiger charge is 2.38. The van der Waals surface area contributed by atoms with Gasteiger partial charge < -0.3 is 9.57 Å². The first kappa shape index (κ1) is 22.8. The van der Waals surface area contributed by atoms with Gasteiger partial charge in [-0.1, -0.05) is 54.1 Å². The third-order valence-electron chi connectivity index (χ3n) is 4.38. The lowest BCUT2D eigenvalue weighted by molar-refractivity contribution is -0.169. The molecular weight excluding hydrogens is 397 g/mol. The van der Waals surface area contributed by atoms with Crippen LogP contribution in [-0.4, -0.2) is 24.2 Å². The van der Waals surface area contributed by atoms with Crippen LogP contribution in [0.4, 0.5) is 4.39 Å². The molecule has 2 atom stereocenters. The Morgan fingerprint density at radius 3 is 2.21 bits per heavy atom. The number of ether oxygens (including phenoxy) is 1. The number of halogens is 2. The summed E-state index contributed by atoms with van der Waals surface area (Å²) in [6, 6.07) is 15.0. The van der Waals surface area contributed by atoms with Crippen molar-refractivity contribution in [3.63, 3.8) is 0 Å². The van der Waals surface area contributed by atoms with E-state index >= 15 is 0 Å². The van der Waals surface area contributed by atoms with Gasteiger partial charge in [0, 0.05) is 5.02 Å². The van der Waals surface area contributed by atoms with Gasteiger partial charge in [-0.05, 0) is 49.9 Å². The second kappa shape index (κ2) is 9.85. The Morgan fingerprint density at radius 1 is 1.03 bits per heavy atom. The standard InChI is InChI=1S/C22H25ClFNO4/c1-22(2,3)28-20(26)17(18(13-24)21(27)29-25)11-16-10-9-15(12-19(16)23)14-7-5-4-6-8-14/h4-10,12,17-18H,11,13,25H2,1-3H3. The van der Waals surface area contributed by atoms with Crippen LogP contribution in [0, 0.1) is 11.8 Å². The first-order valence-corrected chi connectivity index (χ1v) is 9.57. The van der Waals surface area contributed by atoms with E-state index in [-0.39, 0.29) is 6.42 Å². The van der Waals surface area contributed by atoms with Crippen molar-refractivity contribution >= 4 is 23.5 Å². The predicted molar refractivity (Wildman–Crippen MR) is 110 cm³/mol. The molecule has 0 aliphatic carbocycles. The van der Waals surface area contributed by atoms with Crippen LogP contribution < -0.4 is 5.90 Å². The van der Waals surface area contributed by atoms with E-state index in [0.29, 0.717) is 10.6 Å². The Morgan fingerprint density at radius 2 is 1.69 bits per heavy atom. The molecule has 2 aromatic carbocycles. The van der Waals surface area contributed by atoms with Crippen LogP contribution in [0.15, 0.2) is 48.5 Å². The van der Waals surface area contributed by atoms with Crippen LogP contribution in [0.5, 0.6) is 0 Å². The van der Waals surface area contributed by atoms with Crippen LogP contribution in [0.2, 0.25) is 5.02 Å². The minimum atomic E-state index is -1.39. The number of esters is 1. The molecule has 2 unspecified atom stereocenters. The van der Waals surface area contributed by atoms with Gasteiger partial charge >= 0.3 is 11.9 Å². The van der Waals surface area contributed by atoms with Crippen molar-refractivity contribution in [3.05, 3.63) is 59.1 Å². The molecule has 156 valence electrons. The molecule has 0 spiro atoms. The molecule has 0 saturated heterocycles. The molecular formula is C22H25ClFNO4. The van der Waals surface area contributed by atoms with E-state index in [0.717, 1.165) is 11.1 Å². The van der Waals surface area contributed by atoms with Crippen LogP contribution in [0.3, 0.4) is 0 Å². The summed E-state index contributed by atoms with van der Waals surface area (Å²) in [6.07, 6.45) is 0.00645. The van der Waals surface area contributed by atoms with Crippen molar-refractivity contribution in [2.45, 2.75) is 32.8 Å². The number of carbonyl (C=O) groups is 2. The van der Waals surface area contributed by atoms with Crippen LogP contribution in [-0.2, 0) is 25.6 Å². The second-order valence-corrected chi connectivity index (χ2v) is 8.12. The number of hydrogen-bond acceptors (Lipinski definition) is 5. The highest BCUT2D eigenvalue weighted by atomic mass is 35.5. The molecule has 5 nitrogen and oxygen atoms in total. The van der Waals surface area contributed by atoms with Gasteiger partial charge in [0.1, 0.15) is 18.2 Å². The predicted octanol–water partition coefficient (Wildman–Crippen LogP) is 4.51. The summed E-state index contributed by atoms with van der Waals surface area (Å²) in [7, 11) is 0. The lowest BCUT2D eigenvalue weighted by Crippen LogP contribution is -2.39. The maximum Gasteiger partial charge on any atom is 0.331 e. The van der Waals surface area contributed by atoms with Gasteiger partial charge in [0.05, 0.1) is 5.92 Å². The summed E-state index contributed by atoms with van der Waals surface area (Å²) in [5, 5.41) is 0.402. The number of carbonyl (C=O) groups excluding carboxylic acids is 2. The monoisotopic (exact) mass is 421 g/mol. The van der Waals surface area contributed by atoms with Crippen LogP contribution >= 0.6 is 11.6 Å². The average Bonchev–Trinajstić information content (AvgIpc) is 2.68. The van der Waals surface area contributed by atoms with Crippen molar-refractivity contribution in [2.24, 2.45) is 17.7 Å². The average molecular weight is 422 g/mol. The third-order valence-corrected chi connectivity index (χ3v) is 4.73. The lowest BCUT2D eigenvalue weighted by Gasteiger charge is -2.27. The number of benzene rings is 2. The highest BCUT2D eigenvalue weighted by Crippen LogP contribution is 2.30. The summed E-state index contributed by atoms with van der Waals surface area (Å²) in [4.78, 5) is 28.8. The zero-order valence-electron chi connectivity index (χ0n) is 16.7. The molecule has 0 saturated carbocycles. The van der Waals surface area contributed by atoms with Gasteiger partial charge in [-0.3, -0.25) is 9.18 Å². The lowest BCUT2D eigenvalue weighted by atomic mass is 9.86. The van der Waals surface area contributed by atoms with E-state index in [2.05, 4.69) is 4.84 Å². The summed E-state index contributed by atoms with van der Waals surface area (Å²) < 4.78 is 19.0. The Balaban J connectivity index is 2.34. The normalized spacial score (nSPS) is 13.4. The zero-order valence-corrected chi connectivity index (χ0v) is 17.4. The number of hydrogen-bond donors (Lipinski definition) is 1. The molecule has 0 bridgehead atoms. The Bertz CT molecular complexity index is 852. The molecule has 0 aliphatic rings. The van der Waals surface area contributed by atoms with Crippen LogP contribution in [0.25, 0.3) is 11.1 Å². The summed E-state index contributed by atoms with van der Waals surface area (Å²) >= 11 is 6.44. The second-order valence-electron chi connectivity index (χ2n) is 7.71. The van der Waals surface area contributed by atoms with E-state index in [1.54, 1.807) is 32.9 Å². The van der Waals surface area contributed by atoms with E-state index < -0.39 is 36.1 Å². The molecule has 2 rings (SSSR count). The molecule has 0 fully saturated rings. The number of rotatable bonds is 7. The molecule has 0 heterocycles. The van der Waals surface area contributed by atoms with Gasteiger partial charge in [-0.15, -0.1) is 0 Å². The van der Waals surface area contributed by atoms with Crippen molar-refractivity contribution in [1.29, 1.82) is 0 Å². The maximum absolute atomic E-state index is 13.6. The van der Waals surface area contributed by atoms with Gasteiger partial charge in [-0.25, -0.2) is 4.79 Å². The van der Waals surface area contributed by atoms with E-state index in [4.69, 9.17) is 22.2 Å². The SMILES string of the molecule is CC(C)(C)OC(=O)C(Cc1ccc(-c2ccccc2)cc1Cl)C(CF)C(=O)ON. The molecule has 0 amide bonds. The Hall–Kier alpha value is -2.44. The Kier molecular flexibility index (Phi) is 7.76. The largest absolute Gasteiger partial charge is 0.460 e. The molecule has 0 aliphatic heterocycles. The van der Waals surface area contributed by atoms with Crippen molar-refractivity contribution in [1.82, 2.24) is 0 Å². The van der Waals surface area contributed by atoms with Gasteiger partial charge in [0.2, 0.25) is 0 Å². The summed E-state index contributed by atoms with van der Waals surface area (Å²) in [5.41, 5.74) is 1.67. The fourth-order valence-corrected chi connectivity index (χ4v) is 3.21. The topological polar surface area (TPSA) is 78.6 Å². The molecule has 29 heavy (non-hydrogen) atoms. The van der Waals surface area contributed by atoms with Crippen molar-refractivity contribution < 1.29 is 23.6 Å². The smallest absolute Gasteiger partial charge is 0.331 e. The molecule has 0 aromatic heterocycles. The third kappa shape index (κ3) is 6.27. The van der Waals surface area contributed by atoms with Crippen LogP contribution in [0.1, 0.15) is 26.3 Å². The first-order valence-electron chi connectivity index (χ1n) is 9.19. The summed E-state index contributed by atoms with van der Waals surface area (Å²) in [5.74, 6) is 0.681. The fraction of sp³-hybridized carbons (Fsp3) is 0.364. The molecule has 2 aromatic rings. The molecule has 0 radical (unpaired) electrons. The first-order chi connectivity index (χ1) is 13.7. The van der Waals surface area contributed by atoms with E-state index in [1.165, 1.54) is 0 Å². The van der Waals surface area contributed by atoms with Crippen molar-refractivity contribution in [3.8, 4) is 11.1 Å². The number of nitrogens with two attached hydrogens (primary N) is 1. The fourth-order valence-electron chi connectivity index (χ4n) is 2.95. The molecule has 7 heteroatoms. The van der Waals surface area contributed by atoms with E-state index in [9.17, 15) is 14.0 Å². The van der Waals surface area contributed by atoms with Gasteiger partial charge in [0.25, 0.3) is 0 Å². The summed E-state index contributed by atoms with van der Waals surface area (Å²) in [6.45, 7) is 3.96. The minimum absolute atomic E-state index is 0.00645. The maximum atomic E-state index is 13.6. The number of alkyl halides is 1. The zero-order chi connectivity index (χ0) is 21.6. The van der Waals surface area contributed by atoms with Gasteiger partial charge in [0.15, 0.2) is 0 Å². The quantitative estimate of drug-likeness (QED) is 0.525.